The first kappa shape index (κ1) is 21.6. The van der Waals surface area contributed by atoms with E-state index >= 15 is 0 Å². The van der Waals surface area contributed by atoms with E-state index in [-0.39, 0.29) is 5.91 Å². The summed E-state index contributed by atoms with van der Waals surface area (Å²) in [4.78, 5) is 18.2. The monoisotopic (exact) mass is 450 g/mol. The molecule has 34 heavy (non-hydrogen) atoms. The smallest absolute Gasteiger partial charge is 0.256 e. The summed E-state index contributed by atoms with van der Waals surface area (Å²) >= 11 is 0. The predicted octanol–water partition coefficient (Wildman–Crippen LogP) is 5.23. The fourth-order valence-corrected chi connectivity index (χ4v) is 4.23. The van der Waals surface area contributed by atoms with Crippen molar-refractivity contribution in [1.82, 2.24) is 24.5 Å². The third kappa shape index (κ3) is 4.20. The highest BCUT2D eigenvalue weighted by Gasteiger charge is 2.17. The average molecular weight is 451 g/mol. The van der Waals surface area contributed by atoms with Crippen molar-refractivity contribution in [2.45, 2.75) is 33.9 Å². The van der Waals surface area contributed by atoms with E-state index in [1.165, 1.54) is 5.56 Å². The van der Waals surface area contributed by atoms with Gasteiger partial charge in [-0.1, -0.05) is 48.0 Å². The quantitative estimate of drug-likeness (QED) is 0.384. The molecule has 1 amide bonds. The van der Waals surface area contributed by atoms with Crippen LogP contribution < -0.4 is 5.32 Å². The summed E-state index contributed by atoms with van der Waals surface area (Å²) in [6.45, 7) is 7.56. The summed E-state index contributed by atoms with van der Waals surface area (Å²) in [5.41, 5.74) is 7.03. The number of hydrogen-bond donors (Lipinski definition) is 1. The molecule has 5 rings (SSSR count). The highest BCUT2D eigenvalue weighted by molar-refractivity contribution is 6.13. The van der Waals surface area contributed by atoms with Gasteiger partial charge in [-0.15, -0.1) is 0 Å². The number of rotatable bonds is 6. The zero-order chi connectivity index (χ0) is 23.7. The summed E-state index contributed by atoms with van der Waals surface area (Å²) in [5.74, 6) is -0.199. The first-order valence-electron chi connectivity index (χ1n) is 11.3. The molecule has 7 heteroatoms. The van der Waals surface area contributed by atoms with Crippen LogP contribution in [0.2, 0.25) is 0 Å². The van der Waals surface area contributed by atoms with Gasteiger partial charge in [0.25, 0.3) is 5.91 Å². The van der Waals surface area contributed by atoms with Crippen molar-refractivity contribution in [1.29, 1.82) is 0 Å². The number of carbonyl (C=O) groups excluding carboxylic acids is 1. The molecular formula is C27H26N6O. The van der Waals surface area contributed by atoms with Crippen LogP contribution in [0.3, 0.4) is 0 Å². The number of aryl methyl sites for hydroxylation is 2. The second kappa shape index (κ2) is 8.94. The molecule has 0 unspecified atom stereocenters. The molecule has 0 fully saturated rings. The van der Waals surface area contributed by atoms with Gasteiger partial charge < -0.3 is 5.32 Å². The minimum atomic E-state index is -0.199. The minimum absolute atomic E-state index is 0.199. The highest BCUT2D eigenvalue weighted by atomic mass is 16.1. The molecule has 3 aromatic heterocycles. The van der Waals surface area contributed by atoms with E-state index in [9.17, 15) is 4.79 Å². The zero-order valence-electron chi connectivity index (χ0n) is 19.5. The lowest BCUT2D eigenvalue weighted by molar-refractivity contribution is 0.102. The number of pyridine rings is 1. The van der Waals surface area contributed by atoms with Gasteiger partial charge >= 0.3 is 0 Å². The lowest BCUT2D eigenvalue weighted by atomic mass is 10.0. The standard InChI is InChI=1S/C27H26N6O/c1-4-33-19(3)24(15-29-33)26-13-23(22-10-5-6-11-25(22)31-26)27(34)30-21-14-28-32(17-21)16-20-9-7-8-18(2)12-20/h5-15,17H,4,16H2,1-3H3,(H,30,34). The van der Waals surface area contributed by atoms with Crippen LogP contribution in [0.1, 0.15) is 34.1 Å². The minimum Gasteiger partial charge on any atom is -0.319 e. The summed E-state index contributed by atoms with van der Waals surface area (Å²) < 4.78 is 3.75. The topological polar surface area (TPSA) is 77.6 Å². The second-order valence-electron chi connectivity index (χ2n) is 8.40. The van der Waals surface area contributed by atoms with Crippen LogP contribution in [-0.4, -0.2) is 30.5 Å². The molecule has 170 valence electrons. The van der Waals surface area contributed by atoms with Gasteiger partial charge in [-0.2, -0.15) is 10.2 Å². The normalized spacial score (nSPS) is 11.1. The molecule has 0 radical (unpaired) electrons. The Kier molecular flexibility index (Phi) is 5.67. The van der Waals surface area contributed by atoms with Crippen LogP contribution in [-0.2, 0) is 13.1 Å². The Morgan fingerprint density at radius 2 is 1.85 bits per heavy atom. The van der Waals surface area contributed by atoms with Gasteiger partial charge in [-0.3, -0.25) is 14.2 Å². The van der Waals surface area contributed by atoms with E-state index < -0.39 is 0 Å². The molecule has 0 aliphatic carbocycles. The third-order valence-electron chi connectivity index (χ3n) is 5.96. The Bertz CT molecular complexity index is 1500. The Labute approximate surface area is 198 Å². The molecule has 0 saturated heterocycles. The van der Waals surface area contributed by atoms with Crippen molar-refractivity contribution < 1.29 is 4.79 Å². The Morgan fingerprint density at radius 3 is 2.65 bits per heavy atom. The van der Waals surface area contributed by atoms with Crippen LogP contribution in [0.5, 0.6) is 0 Å². The molecule has 0 aliphatic rings. The summed E-state index contributed by atoms with van der Waals surface area (Å²) in [6, 6.07) is 17.8. The Balaban J connectivity index is 1.45. The first-order chi connectivity index (χ1) is 16.5. The number of nitrogens with one attached hydrogen (secondary N) is 1. The highest BCUT2D eigenvalue weighted by Crippen LogP contribution is 2.27. The van der Waals surface area contributed by atoms with Crippen LogP contribution >= 0.6 is 0 Å². The van der Waals surface area contributed by atoms with Gasteiger partial charge in [0.1, 0.15) is 0 Å². The van der Waals surface area contributed by atoms with E-state index in [0.717, 1.165) is 40.0 Å². The van der Waals surface area contributed by atoms with Gasteiger partial charge in [-0.05, 0) is 38.5 Å². The molecule has 1 N–H and O–H groups in total. The first-order valence-corrected chi connectivity index (χ1v) is 11.3. The van der Waals surface area contributed by atoms with Gasteiger partial charge in [0.05, 0.1) is 41.4 Å². The Morgan fingerprint density at radius 1 is 1.00 bits per heavy atom. The molecule has 0 aliphatic heterocycles. The lowest BCUT2D eigenvalue weighted by Crippen LogP contribution is -2.13. The lowest BCUT2D eigenvalue weighted by Gasteiger charge is -2.10. The van der Waals surface area contributed by atoms with Gasteiger partial charge in [0, 0.05) is 29.4 Å². The number of amides is 1. The number of carbonyl (C=O) groups is 1. The molecule has 0 atom stereocenters. The second-order valence-corrected chi connectivity index (χ2v) is 8.40. The number of aromatic nitrogens is 5. The zero-order valence-corrected chi connectivity index (χ0v) is 19.5. The molecule has 3 heterocycles. The van der Waals surface area contributed by atoms with Crippen molar-refractivity contribution in [3.63, 3.8) is 0 Å². The number of hydrogen-bond acceptors (Lipinski definition) is 4. The van der Waals surface area contributed by atoms with Crippen molar-refractivity contribution in [2.75, 3.05) is 5.32 Å². The summed E-state index contributed by atoms with van der Waals surface area (Å²) in [7, 11) is 0. The molecule has 0 saturated carbocycles. The van der Waals surface area contributed by atoms with Gasteiger partial charge in [-0.25, -0.2) is 4.98 Å². The fraction of sp³-hybridized carbons (Fsp3) is 0.185. The van der Waals surface area contributed by atoms with E-state index in [0.29, 0.717) is 17.8 Å². The van der Waals surface area contributed by atoms with Gasteiger partial charge in [0.2, 0.25) is 0 Å². The molecular weight excluding hydrogens is 424 g/mol. The van der Waals surface area contributed by atoms with Crippen LogP contribution in [0.25, 0.3) is 22.2 Å². The van der Waals surface area contributed by atoms with Crippen LogP contribution in [0, 0.1) is 13.8 Å². The van der Waals surface area contributed by atoms with Crippen LogP contribution in [0.15, 0.2) is 73.2 Å². The van der Waals surface area contributed by atoms with Crippen molar-refractivity contribution in [3.8, 4) is 11.3 Å². The number of fused-ring (bicyclic) bond motifs is 1. The fourth-order valence-electron chi connectivity index (χ4n) is 4.23. The van der Waals surface area contributed by atoms with Crippen molar-refractivity contribution in [2.24, 2.45) is 0 Å². The number of benzene rings is 2. The Hall–Kier alpha value is -4.26. The largest absolute Gasteiger partial charge is 0.319 e. The number of anilines is 1. The van der Waals surface area contributed by atoms with Gasteiger partial charge in [0.15, 0.2) is 0 Å². The molecule has 2 aromatic carbocycles. The van der Waals surface area contributed by atoms with E-state index in [1.54, 1.807) is 6.20 Å². The summed E-state index contributed by atoms with van der Waals surface area (Å²) in [6.07, 6.45) is 5.33. The number of nitrogens with zero attached hydrogens (tertiary/aromatic N) is 5. The average Bonchev–Trinajstić information content (AvgIpc) is 3.43. The molecule has 5 aromatic rings. The molecule has 0 bridgehead atoms. The number of para-hydroxylation sites is 1. The molecule has 7 nitrogen and oxygen atoms in total. The van der Waals surface area contributed by atoms with Crippen molar-refractivity contribution >= 4 is 22.5 Å². The molecule has 0 spiro atoms. The SMILES string of the molecule is CCn1ncc(-c2cc(C(=O)Nc3cnn(Cc4cccc(C)c4)c3)c3ccccc3n2)c1C. The summed E-state index contributed by atoms with van der Waals surface area (Å²) in [5, 5.41) is 12.7. The van der Waals surface area contributed by atoms with E-state index in [2.05, 4.69) is 47.6 Å². The predicted molar refractivity (Wildman–Crippen MR) is 134 cm³/mol. The van der Waals surface area contributed by atoms with E-state index in [4.69, 9.17) is 4.98 Å². The van der Waals surface area contributed by atoms with Crippen molar-refractivity contribution in [3.05, 3.63) is 95.6 Å². The third-order valence-corrected chi connectivity index (χ3v) is 5.96. The maximum Gasteiger partial charge on any atom is 0.256 e. The van der Waals surface area contributed by atoms with E-state index in [1.807, 2.05) is 65.1 Å². The maximum atomic E-state index is 13.4. The van der Waals surface area contributed by atoms with Crippen LogP contribution in [0.4, 0.5) is 5.69 Å². The maximum absolute atomic E-state index is 13.4.